The lowest BCUT2D eigenvalue weighted by Gasteiger charge is -2.25. The van der Waals surface area contributed by atoms with Crippen LogP contribution >= 0.6 is 16.8 Å². The molecule has 28 heavy (non-hydrogen) atoms. The van der Waals surface area contributed by atoms with E-state index in [1.54, 1.807) is 0 Å². The summed E-state index contributed by atoms with van der Waals surface area (Å²) >= 11 is 0. The molecule has 0 aromatic heterocycles. The van der Waals surface area contributed by atoms with Gasteiger partial charge in [-0.25, -0.2) is 0 Å². The molecule has 0 heterocycles. The summed E-state index contributed by atoms with van der Waals surface area (Å²) in [5.74, 6) is 0. The van der Waals surface area contributed by atoms with Crippen LogP contribution in [0.3, 0.4) is 0 Å². The molecule has 2 rings (SSSR count). The second-order valence-corrected chi connectivity index (χ2v) is 10.7. The molecule has 0 radical (unpaired) electrons. The first-order chi connectivity index (χ1) is 13.2. The Morgan fingerprint density at radius 2 is 1.11 bits per heavy atom. The van der Waals surface area contributed by atoms with Crippen molar-refractivity contribution in [3.05, 3.63) is 36.4 Å². The first kappa shape index (κ1) is 23.7. The molecule has 0 saturated carbocycles. The van der Waals surface area contributed by atoms with Crippen LogP contribution in [0.5, 0.6) is 0 Å². The Labute approximate surface area is 172 Å². The maximum absolute atomic E-state index is 6.17. The maximum atomic E-state index is 6.17. The van der Waals surface area contributed by atoms with Gasteiger partial charge in [-0.3, -0.25) is 0 Å². The third-order valence-corrected chi connectivity index (χ3v) is 7.41. The van der Waals surface area contributed by atoms with Crippen molar-refractivity contribution in [2.45, 2.75) is 79.8 Å². The summed E-state index contributed by atoms with van der Waals surface area (Å²) in [4.78, 5) is 0. The molecule has 0 aliphatic heterocycles. The van der Waals surface area contributed by atoms with Crippen LogP contribution in [0.15, 0.2) is 36.4 Å². The number of hydrogen-bond donors (Lipinski definition) is 0. The van der Waals surface area contributed by atoms with Gasteiger partial charge >= 0.3 is 0 Å². The number of hydrogen-bond acceptors (Lipinski definition) is 4. The molecule has 0 bridgehead atoms. The zero-order valence-electron chi connectivity index (χ0n) is 18.3. The van der Waals surface area contributed by atoms with Crippen LogP contribution in [-0.2, 0) is 18.1 Å². The minimum Gasteiger partial charge on any atom is -0.328 e. The quantitative estimate of drug-likeness (QED) is 0.413. The summed E-state index contributed by atoms with van der Waals surface area (Å²) in [7, 11) is -2.32. The van der Waals surface area contributed by atoms with E-state index in [2.05, 4.69) is 36.4 Å². The van der Waals surface area contributed by atoms with E-state index in [1.165, 1.54) is 0 Å². The Bertz CT molecular complexity index is 726. The van der Waals surface area contributed by atoms with Crippen molar-refractivity contribution >= 4 is 38.1 Å². The zero-order valence-corrected chi connectivity index (χ0v) is 20.1. The van der Waals surface area contributed by atoms with Crippen LogP contribution in [0.2, 0.25) is 0 Å². The van der Waals surface area contributed by atoms with Gasteiger partial charge in [-0.15, -0.1) is 0 Å². The molecule has 6 heteroatoms. The average molecular weight is 424 g/mol. The van der Waals surface area contributed by atoms with E-state index in [0.29, 0.717) is 0 Å². The van der Waals surface area contributed by atoms with Crippen LogP contribution in [0.4, 0.5) is 0 Å². The van der Waals surface area contributed by atoms with E-state index >= 15 is 0 Å². The molecule has 0 aliphatic rings. The largest absolute Gasteiger partial charge is 0.328 e. The second-order valence-electron chi connectivity index (χ2n) is 7.81. The van der Waals surface area contributed by atoms with Gasteiger partial charge in [-0.2, -0.15) is 0 Å². The lowest BCUT2D eigenvalue weighted by molar-refractivity contribution is 0.183. The Morgan fingerprint density at radius 1 is 0.607 bits per heavy atom. The van der Waals surface area contributed by atoms with Crippen LogP contribution in [0, 0.1) is 0 Å². The molecule has 0 spiro atoms. The lowest BCUT2D eigenvalue weighted by Crippen LogP contribution is -2.16. The van der Waals surface area contributed by atoms with Gasteiger partial charge < -0.3 is 18.1 Å². The predicted molar refractivity (Wildman–Crippen MR) is 122 cm³/mol. The molecule has 2 aromatic rings. The van der Waals surface area contributed by atoms with Crippen molar-refractivity contribution in [2.24, 2.45) is 0 Å². The minimum atomic E-state index is -1.17. The van der Waals surface area contributed by atoms with Crippen LogP contribution in [-0.4, -0.2) is 24.4 Å². The SMILES string of the molecule is CC(C)OP(OC(C)C)c1ccc2cccc(P(OC(C)C)OC(C)C)c2c1. The molecule has 0 fully saturated rings. The van der Waals surface area contributed by atoms with Gasteiger partial charge in [-0.1, -0.05) is 18.2 Å². The summed E-state index contributed by atoms with van der Waals surface area (Å²) < 4.78 is 24.6. The average Bonchev–Trinajstić information content (AvgIpc) is 2.58. The highest BCUT2D eigenvalue weighted by Gasteiger charge is 2.23. The van der Waals surface area contributed by atoms with Gasteiger partial charge in [0.2, 0.25) is 16.8 Å². The molecule has 0 unspecified atom stereocenters. The molecule has 156 valence electrons. The summed E-state index contributed by atoms with van der Waals surface area (Å²) in [6.07, 6.45) is 0.380. The summed E-state index contributed by atoms with van der Waals surface area (Å²) in [6, 6.07) is 12.7. The molecule has 0 saturated heterocycles. The van der Waals surface area contributed by atoms with Crippen molar-refractivity contribution in [1.29, 1.82) is 0 Å². The molecule has 0 aliphatic carbocycles. The van der Waals surface area contributed by atoms with Crippen molar-refractivity contribution in [3.63, 3.8) is 0 Å². The van der Waals surface area contributed by atoms with Crippen molar-refractivity contribution in [1.82, 2.24) is 0 Å². The van der Waals surface area contributed by atoms with Crippen LogP contribution in [0.1, 0.15) is 55.4 Å². The van der Waals surface area contributed by atoms with E-state index < -0.39 is 16.8 Å². The molecular formula is C22H34O4P2. The van der Waals surface area contributed by atoms with Crippen molar-refractivity contribution in [2.75, 3.05) is 0 Å². The normalized spacial score (nSPS) is 12.6. The van der Waals surface area contributed by atoms with E-state index in [4.69, 9.17) is 18.1 Å². The third kappa shape index (κ3) is 7.02. The minimum absolute atomic E-state index is 0.0916. The Hall–Kier alpha value is -0.600. The highest BCUT2D eigenvalue weighted by Crippen LogP contribution is 2.44. The number of fused-ring (bicyclic) bond motifs is 1. The number of benzene rings is 2. The first-order valence-corrected chi connectivity index (χ1v) is 12.3. The molecule has 0 amide bonds. The third-order valence-electron chi connectivity index (χ3n) is 3.48. The van der Waals surface area contributed by atoms with Crippen LogP contribution < -0.4 is 10.6 Å². The molecular weight excluding hydrogens is 390 g/mol. The van der Waals surface area contributed by atoms with E-state index in [-0.39, 0.29) is 24.4 Å². The van der Waals surface area contributed by atoms with E-state index in [1.807, 2.05) is 55.4 Å². The Morgan fingerprint density at radius 3 is 1.61 bits per heavy atom. The lowest BCUT2D eigenvalue weighted by atomic mass is 10.1. The second kappa shape index (κ2) is 11.0. The Kier molecular flexibility index (Phi) is 9.28. The predicted octanol–water partition coefficient (Wildman–Crippen LogP) is 6.41. The Balaban J connectivity index is 2.51. The fraction of sp³-hybridized carbons (Fsp3) is 0.545. The van der Waals surface area contributed by atoms with Crippen LogP contribution in [0.25, 0.3) is 10.8 Å². The van der Waals surface area contributed by atoms with Gasteiger partial charge in [0.05, 0.1) is 24.4 Å². The van der Waals surface area contributed by atoms with Crippen molar-refractivity contribution < 1.29 is 18.1 Å². The highest BCUT2D eigenvalue weighted by atomic mass is 31.2. The smallest absolute Gasteiger partial charge is 0.206 e. The van der Waals surface area contributed by atoms with E-state index in [0.717, 1.165) is 21.4 Å². The first-order valence-electron chi connectivity index (χ1n) is 9.97. The van der Waals surface area contributed by atoms with Gasteiger partial charge in [0.15, 0.2) is 0 Å². The highest BCUT2D eigenvalue weighted by molar-refractivity contribution is 7.57. The molecule has 0 N–H and O–H groups in total. The summed E-state index contributed by atoms with van der Waals surface area (Å²) in [6.45, 7) is 16.3. The topological polar surface area (TPSA) is 36.9 Å². The van der Waals surface area contributed by atoms with Gasteiger partial charge in [0, 0.05) is 10.6 Å². The maximum Gasteiger partial charge on any atom is 0.206 e. The monoisotopic (exact) mass is 424 g/mol. The standard InChI is InChI=1S/C22H34O4P2/c1-15(2)23-27(24-16(3)4)20-13-12-19-10-9-11-22(21(19)14-20)28(25-17(5)6)26-18(7)8/h9-18H,1-8H3. The number of rotatable bonds is 10. The summed E-state index contributed by atoms with van der Waals surface area (Å²) in [5.41, 5.74) is 0. The van der Waals surface area contributed by atoms with Gasteiger partial charge in [0.25, 0.3) is 0 Å². The van der Waals surface area contributed by atoms with E-state index in [9.17, 15) is 0 Å². The van der Waals surface area contributed by atoms with Gasteiger partial charge in [0.1, 0.15) is 0 Å². The molecule has 2 aromatic carbocycles. The zero-order chi connectivity index (χ0) is 20.8. The van der Waals surface area contributed by atoms with Crippen molar-refractivity contribution in [3.8, 4) is 0 Å². The molecule has 4 nitrogen and oxygen atoms in total. The fourth-order valence-electron chi connectivity index (χ4n) is 2.57. The molecule has 0 atom stereocenters. The summed E-state index contributed by atoms with van der Waals surface area (Å²) in [5, 5.41) is 4.47. The fourth-order valence-corrected chi connectivity index (χ4v) is 5.70. The van der Waals surface area contributed by atoms with Gasteiger partial charge in [-0.05, 0) is 84.4 Å².